The first kappa shape index (κ1) is 15.8. The number of unbranched alkanes of at least 4 members (excludes halogenated alkanes) is 1. The van der Waals surface area contributed by atoms with Gasteiger partial charge in [0.15, 0.2) is 0 Å². The number of benzene rings is 1. The highest BCUT2D eigenvalue weighted by Crippen LogP contribution is 2.11. The Balaban J connectivity index is 2.71. The molecule has 0 aliphatic heterocycles. The monoisotopic (exact) mass is 283 g/mol. The first-order valence-electron chi connectivity index (χ1n) is 6.16. The average molecular weight is 283 g/mol. The van der Waals surface area contributed by atoms with E-state index in [1.807, 2.05) is 6.92 Å². The zero-order chi connectivity index (χ0) is 14.3. The third-order valence-electron chi connectivity index (χ3n) is 2.72. The Morgan fingerprint density at radius 1 is 1.26 bits per heavy atom. The number of nitrogens with two attached hydrogens (primary N) is 1. The van der Waals surface area contributed by atoms with E-state index in [4.69, 9.17) is 5.73 Å². The molecule has 1 aromatic rings. The molecule has 0 amide bonds. The van der Waals surface area contributed by atoms with Gasteiger partial charge in [-0.2, -0.15) is 0 Å². The van der Waals surface area contributed by atoms with Gasteiger partial charge in [0.05, 0.1) is 10.9 Å². The van der Waals surface area contributed by atoms with E-state index >= 15 is 0 Å². The van der Waals surface area contributed by atoms with Crippen LogP contribution in [0.5, 0.6) is 0 Å². The predicted molar refractivity (Wildman–Crippen MR) is 73.9 cm³/mol. The zero-order valence-electron chi connectivity index (χ0n) is 10.9. The second-order valence-electron chi connectivity index (χ2n) is 4.39. The van der Waals surface area contributed by atoms with E-state index in [2.05, 4.69) is 4.72 Å². The zero-order valence-corrected chi connectivity index (χ0v) is 11.7. The highest BCUT2D eigenvalue weighted by atomic mass is 32.2. The summed E-state index contributed by atoms with van der Waals surface area (Å²) in [4.78, 5) is 10.9. The summed E-state index contributed by atoms with van der Waals surface area (Å²) in [6, 6.07) is 5.63. The van der Waals surface area contributed by atoms with Crippen LogP contribution in [0.4, 0.5) is 0 Å². The lowest BCUT2D eigenvalue weighted by molar-refractivity contribution is 0.510. The molecule has 3 N–H and O–H groups in total. The Labute approximate surface area is 114 Å². The normalized spacial score (nSPS) is 13.2. The molecule has 0 bridgehead atoms. The number of sulfonamides is 1. The van der Waals surface area contributed by atoms with Crippen LogP contribution < -0.4 is 10.5 Å². The van der Waals surface area contributed by atoms with Crippen molar-refractivity contribution in [3.63, 3.8) is 0 Å². The van der Waals surface area contributed by atoms with E-state index in [9.17, 15) is 13.2 Å². The van der Waals surface area contributed by atoms with Crippen LogP contribution in [0.15, 0.2) is 29.2 Å². The molecule has 0 saturated carbocycles. The summed E-state index contributed by atoms with van der Waals surface area (Å²) < 4.78 is 26.4. The van der Waals surface area contributed by atoms with Crippen LogP contribution >= 0.6 is 0 Å². The molecular weight excluding hydrogens is 264 g/mol. The minimum absolute atomic E-state index is 0.150. The molecule has 0 unspecified atom stereocenters. The van der Waals surface area contributed by atoms with Gasteiger partial charge in [0.1, 0.15) is 0 Å². The van der Waals surface area contributed by atoms with Gasteiger partial charge in [-0.05, 0) is 38.4 Å². The maximum atomic E-state index is 12.0. The van der Waals surface area contributed by atoms with Crippen molar-refractivity contribution in [2.45, 2.75) is 37.1 Å². The minimum Gasteiger partial charge on any atom is -0.330 e. The quantitative estimate of drug-likeness (QED) is 0.693. The summed E-state index contributed by atoms with van der Waals surface area (Å²) in [6.45, 7) is 2.40. The van der Waals surface area contributed by atoms with E-state index in [1.54, 1.807) is 18.4 Å². The summed E-state index contributed by atoms with van der Waals surface area (Å²) in [6.07, 6.45) is 3.57. The van der Waals surface area contributed by atoms with Crippen LogP contribution in [0, 0.1) is 6.92 Å². The summed E-state index contributed by atoms with van der Waals surface area (Å²) in [7, 11) is -3.67. The Kier molecular flexibility index (Phi) is 6.14. The van der Waals surface area contributed by atoms with Crippen molar-refractivity contribution >= 4 is 16.3 Å². The average Bonchev–Trinajstić information content (AvgIpc) is 2.38. The van der Waals surface area contributed by atoms with Gasteiger partial charge < -0.3 is 5.73 Å². The van der Waals surface area contributed by atoms with Crippen molar-refractivity contribution < 1.29 is 13.2 Å². The first-order valence-corrected chi connectivity index (χ1v) is 7.64. The lowest BCUT2D eigenvalue weighted by Gasteiger charge is -2.12. The second kappa shape index (κ2) is 7.37. The van der Waals surface area contributed by atoms with E-state index < -0.39 is 16.1 Å². The van der Waals surface area contributed by atoms with Crippen LogP contribution in [0.3, 0.4) is 0 Å². The molecule has 105 valence electrons. The highest BCUT2D eigenvalue weighted by molar-refractivity contribution is 7.89. The van der Waals surface area contributed by atoms with E-state index in [1.165, 1.54) is 12.1 Å². The van der Waals surface area contributed by atoms with Gasteiger partial charge in [0.2, 0.25) is 16.3 Å². The van der Waals surface area contributed by atoms with Crippen molar-refractivity contribution in [1.29, 1.82) is 0 Å². The fraction of sp³-hybridized carbons (Fsp3) is 0.462. The van der Waals surface area contributed by atoms with E-state index in [0.29, 0.717) is 19.4 Å². The fourth-order valence-electron chi connectivity index (χ4n) is 1.61. The molecule has 0 fully saturated rings. The van der Waals surface area contributed by atoms with Gasteiger partial charge in [0.25, 0.3) is 0 Å². The second-order valence-corrected chi connectivity index (χ2v) is 6.10. The number of aryl methyl sites for hydroxylation is 1. The molecule has 1 aromatic carbocycles. The van der Waals surface area contributed by atoms with Gasteiger partial charge in [-0.15, -0.1) is 0 Å². The molecule has 0 aromatic heterocycles. The maximum absolute atomic E-state index is 12.0. The standard InChI is InChI=1S/C13H19N2O3S/c1-11-5-7-13(8-6-11)19(17,18)15-12(10-16)4-2-3-9-14/h5-8,12,15H,2-4,9,14H2,1H3/t12-/m0/s1. The number of hydrogen-bond acceptors (Lipinski definition) is 4. The van der Waals surface area contributed by atoms with Crippen LogP contribution in [-0.4, -0.2) is 27.3 Å². The van der Waals surface area contributed by atoms with Gasteiger partial charge in [-0.1, -0.05) is 24.1 Å². The molecule has 6 heteroatoms. The van der Waals surface area contributed by atoms with Gasteiger partial charge >= 0.3 is 0 Å². The topological polar surface area (TPSA) is 89.3 Å². The fourth-order valence-corrected chi connectivity index (χ4v) is 2.78. The molecule has 0 heterocycles. The maximum Gasteiger partial charge on any atom is 0.241 e. The molecule has 0 spiro atoms. The lowest BCUT2D eigenvalue weighted by atomic mass is 10.1. The van der Waals surface area contributed by atoms with Crippen LogP contribution in [0.2, 0.25) is 0 Å². The molecule has 1 rings (SSSR count). The van der Waals surface area contributed by atoms with Crippen LogP contribution in [-0.2, 0) is 14.8 Å². The van der Waals surface area contributed by atoms with Crippen LogP contribution in [0.25, 0.3) is 0 Å². The molecule has 5 nitrogen and oxygen atoms in total. The molecule has 19 heavy (non-hydrogen) atoms. The summed E-state index contributed by atoms with van der Waals surface area (Å²) in [5.41, 5.74) is 6.32. The smallest absolute Gasteiger partial charge is 0.241 e. The molecule has 1 radical (unpaired) electrons. The molecule has 0 aliphatic carbocycles. The largest absolute Gasteiger partial charge is 0.330 e. The Morgan fingerprint density at radius 3 is 2.42 bits per heavy atom. The van der Waals surface area contributed by atoms with Crippen molar-refractivity contribution in [1.82, 2.24) is 4.72 Å². The van der Waals surface area contributed by atoms with Crippen molar-refractivity contribution in [2.75, 3.05) is 6.54 Å². The van der Waals surface area contributed by atoms with Gasteiger partial charge in [-0.25, -0.2) is 13.1 Å². The van der Waals surface area contributed by atoms with Crippen molar-refractivity contribution in [2.24, 2.45) is 5.73 Å². The van der Waals surface area contributed by atoms with Crippen molar-refractivity contribution in [3.8, 4) is 0 Å². The third-order valence-corrected chi connectivity index (χ3v) is 4.21. The third kappa shape index (κ3) is 5.10. The molecule has 1 atom stereocenters. The Hall–Kier alpha value is -1.24. The van der Waals surface area contributed by atoms with E-state index in [-0.39, 0.29) is 4.90 Å². The minimum atomic E-state index is -3.67. The highest BCUT2D eigenvalue weighted by Gasteiger charge is 2.19. The number of carbonyl (C=O) groups excluding carboxylic acids is 1. The Morgan fingerprint density at radius 2 is 1.89 bits per heavy atom. The summed E-state index contributed by atoms with van der Waals surface area (Å²) in [5.74, 6) is 0. The predicted octanol–water partition coefficient (Wildman–Crippen LogP) is 0.881. The van der Waals surface area contributed by atoms with Crippen molar-refractivity contribution in [3.05, 3.63) is 29.8 Å². The van der Waals surface area contributed by atoms with E-state index in [0.717, 1.165) is 12.0 Å². The Bertz CT molecular complexity index is 497. The van der Waals surface area contributed by atoms with Gasteiger partial charge in [0, 0.05) is 0 Å². The molecule has 0 saturated heterocycles. The molecular formula is C13H19N2O3S. The number of hydrogen-bond donors (Lipinski definition) is 2. The summed E-state index contributed by atoms with van der Waals surface area (Å²) in [5, 5.41) is 0. The lowest BCUT2D eigenvalue weighted by Crippen LogP contribution is -2.36. The summed E-state index contributed by atoms with van der Waals surface area (Å²) >= 11 is 0. The molecule has 0 aliphatic rings. The van der Waals surface area contributed by atoms with Crippen LogP contribution in [0.1, 0.15) is 24.8 Å². The number of nitrogens with one attached hydrogen (secondary N) is 1. The first-order chi connectivity index (χ1) is 8.99. The SMILES string of the molecule is Cc1ccc(S(=O)(=O)N[C@H]([C]=O)CCCCN)cc1. The number of rotatable bonds is 8. The van der Waals surface area contributed by atoms with Gasteiger partial charge in [-0.3, -0.25) is 4.79 Å².